The molecule has 1 rings (SSSR count). The van der Waals surface area contributed by atoms with E-state index in [1.54, 1.807) is 0 Å². The zero-order valence-corrected chi connectivity index (χ0v) is 9.92. The Morgan fingerprint density at radius 3 is 2.43 bits per heavy atom. The van der Waals surface area contributed by atoms with Crippen molar-refractivity contribution in [1.29, 1.82) is 0 Å². The Hall–Kier alpha value is -0.0800. The maximum Gasteiger partial charge on any atom is 0.0497 e. The Morgan fingerprint density at radius 1 is 1.43 bits per heavy atom. The van der Waals surface area contributed by atoms with Gasteiger partial charge in [-0.15, -0.1) is 0 Å². The van der Waals surface area contributed by atoms with Crippen molar-refractivity contribution in [3.63, 3.8) is 0 Å². The lowest BCUT2D eigenvalue weighted by Gasteiger charge is -2.40. The molecular formula is C12H25NO. The van der Waals surface area contributed by atoms with Gasteiger partial charge in [-0.3, -0.25) is 0 Å². The van der Waals surface area contributed by atoms with Crippen molar-refractivity contribution >= 4 is 0 Å². The maximum atomic E-state index is 9.41. The normalized spacial score (nSPS) is 22.1. The summed E-state index contributed by atoms with van der Waals surface area (Å²) in [7, 11) is 2.20. The molecule has 2 heteroatoms. The predicted molar refractivity (Wildman–Crippen MR) is 60.4 cm³/mol. The van der Waals surface area contributed by atoms with Crippen LogP contribution in [0.5, 0.6) is 0 Å². The third kappa shape index (κ3) is 2.96. The van der Waals surface area contributed by atoms with Gasteiger partial charge in [0.1, 0.15) is 0 Å². The summed E-state index contributed by atoms with van der Waals surface area (Å²) in [4.78, 5) is 2.44. The fraction of sp³-hybridized carbons (Fsp3) is 1.00. The van der Waals surface area contributed by atoms with Gasteiger partial charge in [-0.25, -0.2) is 0 Å². The van der Waals surface area contributed by atoms with Crippen LogP contribution >= 0.6 is 0 Å². The van der Waals surface area contributed by atoms with Crippen molar-refractivity contribution in [2.24, 2.45) is 5.41 Å². The first kappa shape index (κ1) is 12.0. The zero-order valence-electron chi connectivity index (χ0n) is 9.92. The zero-order chi connectivity index (χ0) is 10.6. The highest BCUT2D eigenvalue weighted by molar-refractivity contribution is 4.83. The highest BCUT2D eigenvalue weighted by Crippen LogP contribution is 2.29. The average molecular weight is 199 g/mol. The fourth-order valence-electron chi connectivity index (χ4n) is 2.37. The van der Waals surface area contributed by atoms with Crippen LogP contribution in [0.2, 0.25) is 0 Å². The number of aliphatic hydroxyl groups is 1. The van der Waals surface area contributed by atoms with Crippen molar-refractivity contribution in [2.75, 3.05) is 20.2 Å². The van der Waals surface area contributed by atoms with Gasteiger partial charge < -0.3 is 10.0 Å². The molecule has 0 aromatic heterocycles. The van der Waals surface area contributed by atoms with Crippen LogP contribution < -0.4 is 0 Å². The molecule has 1 aliphatic carbocycles. The molecule has 0 aromatic rings. The molecule has 0 spiro atoms. The van der Waals surface area contributed by atoms with Crippen molar-refractivity contribution in [1.82, 2.24) is 4.90 Å². The summed E-state index contributed by atoms with van der Waals surface area (Å²) in [5.74, 6) is 0. The minimum Gasteiger partial charge on any atom is -0.396 e. The molecular weight excluding hydrogens is 174 g/mol. The smallest absolute Gasteiger partial charge is 0.0497 e. The first-order valence-corrected chi connectivity index (χ1v) is 5.92. The van der Waals surface area contributed by atoms with E-state index in [1.165, 1.54) is 19.3 Å². The van der Waals surface area contributed by atoms with Crippen molar-refractivity contribution in [3.05, 3.63) is 0 Å². The van der Waals surface area contributed by atoms with Gasteiger partial charge in [0, 0.05) is 24.6 Å². The average Bonchev–Trinajstić information content (AvgIpc) is 2.01. The van der Waals surface area contributed by atoms with Gasteiger partial charge in [-0.05, 0) is 26.3 Å². The molecule has 1 saturated carbocycles. The number of hydrogen-bond donors (Lipinski definition) is 1. The lowest BCUT2D eigenvalue weighted by molar-refractivity contribution is 0.0532. The monoisotopic (exact) mass is 199 g/mol. The van der Waals surface area contributed by atoms with Crippen LogP contribution in [-0.2, 0) is 0 Å². The molecule has 14 heavy (non-hydrogen) atoms. The van der Waals surface area contributed by atoms with E-state index in [0.717, 1.165) is 25.4 Å². The molecule has 84 valence electrons. The topological polar surface area (TPSA) is 23.5 Å². The molecule has 1 unspecified atom stereocenters. The van der Waals surface area contributed by atoms with E-state index in [2.05, 4.69) is 25.8 Å². The molecule has 1 atom stereocenters. The van der Waals surface area contributed by atoms with Gasteiger partial charge in [0.05, 0.1) is 0 Å². The molecule has 1 fully saturated rings. The molecule has 0 heterocycles. The standard InChI is InChI=1S/C12H25NO/c1-4-8-12(2,10-14)9-13(3)11-6-5-7-11/h11,14H,4-10H2,1-3H3. The second-order valence-electron chi connectivity index (χ2n) is 5.22. The number of hydrogen-bond acceptors (Lipinski definition) is 2. The second kappa shape index (κ2) is 5.13. The summed E-state index contributed by atoms with van der Waals surface area (Å²) in [5.41, 5.74) is 0.110. The molecule has 1 aliphatic rings. The van der Waals surface area contributed by atoms with Crippen LogP contribution in [0.1, 0.15) is 46.0 Å². The quantitative estimate of drug-likeness (QED) is 0.709. The summed E-state index contributed by atoms with van der Waals surface area (Å²) in [6.45, 7) is 5.75. The van der Waals surface area contributed by atoms with Crippen molar-refractivity contribution in [3.8, 4) is 0 Å². The Morgan fingerprint density at radius 2 is 2.07 bits per heavy atom. The van der Waals surface area contributed by atoms with Crippen LogP contribution in [-0.4, -0.2) is 36.2 Å². The van der Waals surface area contributed by atoms with Gasteiger partial charge in [0.2, 0.25) is 0 Å². The summed E-state index contributed by atoms with van der Waals surface area (Å²) >= 11 is 0. The lowest BCUT2D eigenvalue weighted by Crippen LogP contribution is -2.44. The van der Waals surface area contributed by atoms with E-state index in [9.17, 15) is 5.11 Å². The number of rotatable bonds is 6. The Balaban J connectivity index is 2.37. The van der Waals surface area contributed by atoms with Crippen LogP contribution in [0.15, 0.2) is 0 Å². The second-order valence-corrected chi connectivity index (χ2v) is 5.22. The fourth-order valence-corrected chi connectivity index (χ4v) is 2.37. The van der Waals surface area contributed by atoms with E-state index in [1.807, 2.05) is 0 Å². The molecule has 0 radical (unpaired) electrons. The van der Waals surface area contributed by atoms with Gasteiger partial charge in [0.15, 0.2) is 0 Å². The highest BCUT2D eigenvalue weighted by Gasteiger charge is 2.29. The Kier molecular flexibility index (Phi) is 4.39. The van der Waals surface area contributed by atoms with Gasteiger partial charge in [0.25, 0.3) is 0 Å². The van der Waals surface area contributed by atoms with Gasteiger partial charge >= 0.3 is 0 Å². The van der Waals surface area contributed by atoms with E-state index in [-0.39, 0.29) is 5.41 Å². The number of nitrogens with zero attached hydrogens (tertiary/aromatic N) is 1. The van der Waals surface area contributed by atoms with Crippen LogP contribution in [0.4, 0.5) is 0 Å². The molecule has 0 aliphatic heterocycles. The first-order valence-electron chi connectivity index (χ1n) is 5.92. The maximum absolute atomic E-state index is 9.41. The summed E-state index contributed by atoms with van der Waals surface area (Å²) in [6, 6.07) is 0.790. The molecule has 1 N–H and O–H groups in total. The van der Waals surface area contributed by atoms with E-state index in [0.29, 0.717) is 6.61 Å². The van der Waals surface area contributed by atoms with Crippen LogP contribution in [0, 0.1) is 5.41 Å². The highest BCUT2D eigenvalue weighted by atomic mass is 16.3. The third-order valence-corrected chi connectivity index (χ3v) is 3.56. The predicted octanol–water partition coefficient (Wildman–Crippen LogP) is 2.27. The van der Waals surface area contributed by atoms with E-state index >= 15 is 0 Å². The van der Waals surface area contributed by atoms with E-state index in [4.69, 9.17) is 0 Å². The molecule has 2 nitrogen and oxygen atoms in total. The molecule has 0 amide bonds. The summed E-state index contributed by atoms with van der Waals surface area (Å²) < 4.78 is 0. The Labute approximate surface area is 88.3 Å². The summed E-state index contributed by atoms with van der Waals surface area (Å²) in [6.07, 6.45) is 6.38. The molecule has 0 bridgehead atoms. The minimum absolute atomic E-state index is 0.110. The van der Waals surface area contributed by atoms with E-state index < -0.39 is 0 Å². The SMILES string of the molecule is CCCC(C)(CO)CN(C)C1CCC1. The van der Waals surface area contributed by atoms with Crippen molar-refractivity contribution < 1.29 is 5.11 Å². The summed E-state index contributed by atoms with van der Waals surface area (Å²) in [5, 5.41) is 9.41. The van der Waals surface area contributed by atoms with Crippen molar-refractivity contribution in [2.45, 2.75) is 52.0 Å². The third-order valence-electron chi connectivity index (χ3n) is 3.56. The van der Waals surface area contributed by atoms with Crippen LogP contribution in [0.3, 0.4) is 0 Å². The van der Waals surface area contributed by atoms with Gasteiger partial charge in [-0.1, -0.05) is 26.7 Å². The molecule has 0 saturated heterocycles. The number of aliphatic hydroxyl groups excluding tert-OH is 1. The first-order chi connectivity index (χ1) is 6.61. The largest absolute Gasteiger partial charge is 0.396 e. The lowest BCUT2D eigenvalue weighted by atomic mass is 9.84. The van der Waals surface area contributed by atoms with Gasteiger partial charge in [-0.2, -0.15) is 0 Å². The Bertz CT molecular complexity index is 168. The molecule has 0 aromatic carbocycles. The minimum atomic E-state index is 0.110. The van der Waals surface area contributed by atoms with Crippen LogP contribution in [0.25, 0.3) is 0 Å².